The number of rotatable bonds is 2. The van der Waals surface area contributed by atoms with Crippen LogP contribution in [0.15, 0.2) is 152 Å². The van der Waals surface area contributed by atoms with Crippen LogP contribution in [0.3, 0.4) is 0 Å². The van der Waals surface area contributed by atoms with Crippen molar-refractivity contribution in [2.24, 2.45) is 0 Å². The number of halogens is 1. The largest absolute Gasteiger partial charge is 0.456 e. The third kappa shape index (κ3) is 3.40. The van der Waals surface area contributed by atoms with Crippen LogP contribution in [0, 0.1) is 0 Å². The zero-order valence-corrected chi connectivity index (χ0v) is 24.0. The Kier molecular flexibility index (Phi) is 5.24. The Hall–Kier alpha value is -5.11. The summed E-state index contributed by atoms with van der Waals surface area (Å²) in [6.45, 7) is 0. The molecule has 0 N–H and O–H groups in total. The summed E-state index contributed by atoms with van der Waals surface area (Å²) in [5.41, 5.74) is 11.1. The standard InChI is InChI=1S/C41H25ClO/c42-29-24-34(28-22-20-27(21-23-28)31-15-9-11-26-10-1-2-12-30(26)31)40-38(25-29)41(37-18-7-8-19-39(37)43-40)35-16-5-3-13-32(35)33-14-4-6-17-36(33)41/h1-25H. The number of fused-ring (bicyclic) bond motifs is 10. The van der Waals surface area contributed by atoms with Gasteiger partial charge in [0, 0.05) is 21.7 Å². The summed E-state index contributed by atoms with van der Waals surface area (Å²) in [6.07, 6.45) is 0. The molecule has 0 fully saturated rings. The van der Waals surface area contributed by atoms with Crippen molar-refractivity contribution < 1.29 is 4.74 Å². The molecule has 0 saturated heterocycles. The third-order valence-electron chi connectivity index (χ3n) is 9.21. The highest BCUT2D eigenvalue weighted by Gasteiger charge is 2.51. The summed E-state index contributed by atoms with van der Waals surface area (Å²) in [5, 5.41) is 3.18. The first-order valence-corrected chi connectivity index (χ1v) is 15.0. The van der Waals surface area contributed by atoms with Crippen LogP contribution in [0.2, 0.25) is 5.02 Å². The molecule has 202 valence electrons. The number of hydrogen-bond acceptors (Lipinski definition) is 1. The van der Waals surface area contributed by atoms with E-state index in [0.717, 1.165) is 33.8 Å². The quantitative estimate of drug-likeness (QED) is 0.201. The third-order valence-corrected chi connectivity index (χ3v) is 9.43. The lowest BCUT2D eigenvalue weighted by atomic mass is 9.65. The van der Waals surface area contributed by atoms with E-state index < -0.39 is 5.41 Å². The minimum Gasteiger partial charge on any atom is -0.456 e. The lowest BCUT2D eigenvalue weighted by molar-refractivity contribution is 0.438. The zero-order valence-electron chi connectivity index (χ0n) is 23.2. The number of hydrogen-bond donors (Lipinski definition) is 0. The molecule has 1 aliphatic carbocycles. The molecule has 0 radical (unpaired) electrons. The van der Waals surface area contributed by atoms with Crippen LogP contribution >= 0.6 is 11.6 Å². The van der Waals surface area contributed by atoms with Gasteiger partial charge in [0.1, 0.15) is 11.5 Å². The lowest BCUT2D eigenvalue weighted by Gasteiger charge is -2.40. The van der Waals surface area contributed by atoms with E-state index >= 15 is 0 Å². The smallest absolute Gasteiger partial charge is 0.140 e. The van der Waals surface area contributed by atoms with Gasteiger partial charge in [-0.25, -0.2) is 0 Å². The average molecular weight is 569 g/mol. The van der Waals surface area contributed by atoms with Gasteiger partial charge < -0.3 is 4.74 Å². The van der Waals surface area contributed by atoms with Gasteiger partial charge in [-0.2, -0.15) is 0 Å². The molecule has 0 saturated carbocycles. The fraction of sp³-hybridized carbons (Fsp3) is 0.0244. The Bertz CT molecular complexity index is 2180. The molecule has 0 atom stereocenters. The SMILES string of the molecule is Clc1cc(-c2ccc(-c3cccc4ccccc34)cc2)c2c(c1)C1(c3ccccc3O2)c2ccccc2-c2ccccc21. The molecule has 7 aromatic carbocycles. The molecule has 0 amide bonds. The van der Waals surface area contributed by atoms with E-state index in [1.807, 2.05) is 6.07 Å². The van der Waals surface area contributed by atoms with Crippen molar-refractivity contribution in [2.45, 2.75) is 5.41 Å². The van der Waals surface area contributed by atoms with Crippen LogP contribution in [0.5, 0.6) is 11.5 Å². The molecule has 9 rings (SSSR count). The average Bonchev–Trinajstić information content (AvgIpc) is 3.36. The van der Waals surface area contributed by atoms with E-state index in [2.05, 4.69) is 146 Å². The highest BCUT2D eigenvalue weighted by molar-refractivity contribution is 6.31. The predicted molar refractivity (Wildman–Crippen MR) is 177 cm³/mol. The molecule has 1 heterocycles. The molecular formula is C41H25ClO. The van der Waals surface area contributed by atoms with Crippen LogP contribution in [-0.4, -0.2) is 0 Å². The van der Waals surface area contributed by atoms with E-state index in [1.165, 1.54) is 44.2 Å². The van der Waals surface area contributed by atoms with Gasteiger partial charge in [0.2, 0.25) is 0 Å². The predicted octanol–water partition coefficient (Wildman–Crippen LogP) is 11.3. The lowest BCUT2D eigenvalue weighted by Crippen LogP contribution is -2.32. The zero-order chi connectivity index (χ0) is 28.5. The molecule has 7 aromatic rings. The van der Waals surface area contributed by atoms with Crippen molar-refractivity contribution in [3.05, 3.63) is 179 Å². The van der Waals surface area contributed by atoms with Gasteiger partial charge in [-0.15, -0.1) is 0 Å². The van der Waals surface area contributed by atoms with E-state index in [0.29, 0.717) is 5.02 Å². The molecule has 2 heteroatoms. The molecule has 0 bridgehead atoms. The Morgan fingerprint density at radius 1 is 0.442 bits per heavy atom. The molecular weight excluding hydrogens is 544 g/mol. The summed E-state index contributed by atoms with van der Waals surface area (Å²) in [6, 6.07) is 54.0. The van der Waals surface area contributed by atoms with Crippen molar-refractivity contribution in [2.75, 3.05) is 0 Å². The maximum Gasteiger partial charge on any atom is 0.140 e. The second-order valence-corrected chi connectivity index (χ2v) is 11.8. The van der Waals surface area contributed by atoms with Crippen LogP contribution in [0.25, 0.3) is 44.2 Å². The van der Waals surface area contributed by atoms with Crippen LogP contribution in [-0.2, 0) is 5.41 Å². The first kappa shape index (κ1) is 24.5. The second-order valence-electron chi connectivity index (χ2n) is 11.4. The highest BCUT2D eigenvalue weighted by Crippen LogP contribution is 2.63. The highest BCUT2D eigenvalue weighted by atomic mass is 35.5. The van der Waals surface area contributed by atoms with Gasteiger partial charge in [0.05, 0.1) is 5.41 Å². The summed E-state index contributed by atoms with van der Waals surface area (Å²) >= 11 is 7.01. The van der Waals surface area contributed by atoms with Crippen LogP contribution < -0.4 is 4.74 Å². The maximum atomic E-state index is 7.01. The second kappa shape index (κ2) is 9.19. The minimum atomic E-state index is -0.542. The molecule has 0 unspecified atom stereocenters. The Morgan fingerprint density at radius 2 is 1.00 bits per heavy atom. The molecule has 1 spiro atoms. The molecule has 0 aromatic heterocycles. The normalized spacial score (nSPS) is 13.6. The number of para-hydroxylation sites is 1. The van der Waals surface area contributed by atoms with Gasteiger partial charge in [-0.05, 0) is 67.9 Å². The molecule has 2 aliphatic rings. The summed E-state index contributed by atoms with van der Waals surface area (Å²) in [5.74, 6) is 1.73. The van der Waals surface area contributed by atoms with E-state index in [-0.39, 0.29) is 0 Å². The first-order chi connectivity index (χ1) is 21.2. The fourth-order valence-electron chi connectivity index (χ4n) is 7.44. The Morgan fingerprint density at radius 3 is 1.74 bits per heavy atom. The van der Waals surface area contributed by atoms with E-state index in [9.17, 15) is 0 Å². The molecule has 43 heavy (non-hydrogen) atoms. The Labute approximate surface area is 255 Å². The number of benzene rings is 7. The van der Waals surface area contributed by atoms with Gasteiger partial charge >= 0.3 is 0 Å². The van der Waals surface area contributed by atoms with Crippen molar-refractivity contribution >= 4 is 22.4 Å². The molecule has 1 aliphatic heterocycles. The van der Waals surface area contributed by atoms with Crippen molar-refractivity contribution in [1.29, 1.82) is 0 Å². The van der Waals surface area contributed by atoms with Crippen molar-refractivity contribution in [3.8, 4) is 44.9 Å². The monoisotopic (exact) mass is 568 g/mol. The van der Waals surface area contributed by atoms with E-state index in [4.69, 9.17) is 16.3 Å². The number of ether oxygens (including phenoxy) is 1. The molecule has 1 nitrogen and oxygen atoms in total. The topological polar surface area (TPSA) is 9.23 Å². The summed E-state index contributed by atoms with van der Waals surface area (Å²) in [4.78, 5) is 0. The van der Waals surface area contributed by atoms with E-state index in [1.54, 1.807) is 0 Å². The summed E-state index contributed by atoms with van der Waals surface area (Å²) < 4.78 is 6.85. The van der Waals surface area contributed by atoms with Gasteiger partial charge in [-0.1, -0.05) is 145 Å². The van der Waals surface area contributed by atoms with Crippen molar-refractivity contribution in [3.63, 3.8) is 0 Å². The Balaban J connectivity index is 1.29. The maximum absolute atomic E-state index is 7.01. The van der Waals surface area contributed by atoms with Crippen LogP contribution in [0.1, 0.15) is 22.3 Å². The summed E-state index contributed by atoms with van der Waals surface area (Å²) in [7, 11) is 0. The fourth-order valence-corrected chi connectivity index (χ4v) is 7.66. The minimum absolute atomic E-state index is 0.542. The first-order valence-electron chi connectivity index (χ1n) is 14.6. The van der Waals surface area contributed by atoms with Gasteiger partial charge in [-0.3, -0.25) is 0 Å². The van der Waals surface area contributed by atoms with Gasteiger partial charge in [0.15, 0.2) is 0 Å². The van der Waals surface area contributed by atoms with Crippen LogP contribution in [0.4, 0.5) is 0 Å². The van der Waals surface area contributed by atoms with Crippen molar-refractivity contribution in [1.82, 2.24) is 0 Å². The van der Waals surface area contributed by atoms with Gasteiger partial charge in [0.25, 0.3) is 0 Å².